The number of nitrogens with two attached hydrogens (primary N) is 1. The first kappa shape index (κ1) is 10.9. The molecule has 19 heavy (non-hydrogen) atoms. The van der Waals surface area contributed by atoms with Crippen molar-refractivity contribution < 1.29 is 16.3 Å². The maximum Gasteiger partial charge on any atom is 0.280 e. The van der Waals surface area contributed by atoms with Gasteiger partial charge in [-0.05, 0) is 0 Å². The maximum atomic E-state index is 11.7. The molecule has 1 fully saturated rings. The third-order valence-electron chi connectivity index (χ3n) is 2.97. The van der Waals surface area contributed by atoms with Crippen LogP contribution in [0.4, 0.5) is 5.95 Å². The monoisotopic (exact) mass is 268 g/mol. The molecule has 5 N–H and O–H groups in total. The summed E-state index contributed by atoms with van der Waals surface area (Å²) in [4.78, 5) is 21.8. The molecule has 1 aliphatic heterocycles. The zero-order valence-electron chi connectivity index (χ0n) is 10.8. The van der Waals surface area contributed by atoms with Gasteiger partial charge in [-0.25, -0.2) is 4.98 Å². The largest absolute Gasteiger partial charge is 0.394 e. The molecule has 9 heteroatoms. The Balaban J connectivity index is 2.14. The number of ether oxygens (including phenoxy) is 1. The van der Waals surface area contributed by atoms with E-state index in [1.165, 1.54) is 10.9 Å². The number of hydrogen-bond donors (Lipinski definition) is 4. The Hall–Kier alpha value is -1.97. The van der Waals surface area contributed by atoms with Gasteiger partial charge in [0.15, 0.2) is 11.2 Å². The van der Waals surface area contributed by atoms with E-state index in [4.69, 9.17) is 16.9 Å². The van der Waals surface area contributed by atoms with Crippen molar-refractivity contribution in [1.29, 1.82) is 0 Å². The number of aliphatic hydroxyl groups excluding tert-OH is 2. The SMILES string of the molecule is [2H][C@]1(n2cnc3c(=O)[nH]c(N)nc32)C[C@H](O)[C@@H](CO)O1. The van der Waals surface area contributed by atoms with Crippen molar-refractivity contribution in [3.8, 4) is 0 Å². The normalized spacial score (nSPS) is 31.8. The number of nitrogens with one attached hydrogen (secondary N) is 1. The van der Waals surface area contributed by atoms with E-state index in [2.05, 4.69) is 15.0 Å². The molecular formula is C10H13N5O4. The molecule has 0 aliphatic carbocycles. The van der Waals surface area contributed by atoms with Crippen LogP contribution in [0.1, 0.15) is 14.0 Å². The molecule has 0 aromatic carbocycles. The lowest BCUT2D eigenvalue weighted by Gasteiger charge is -2.13. The summed E-state index contributed by atoms with van der Waals surface area (Å²) in [6.07, 6.45) is -2.42. The molecule has 102 valence electrons. The first-order valence-electron chi connectivity index (χ1n) is 6.14. The van der Waals surface area contributed by atoms with E-state index in [9.17, 15) is 9.90 Å². The van der Waals surface area contributed by atoms with E-state index in [1.54, 1.807) is 0 Å². The van der Waals surface area contributed by atoms with Gasteiger partial charge in [-0.2, -0.15) is 4.98 Å². The summed E-state index contributed by atoms with van der Waals surface area (Å²) in [5.74, 6) is -0.106. The first-order valence-corrected chi connectivity index (χ1v) is 5.64. The maximum absolute atomic E-state index is 11.7. The Morgan fingerprint density at radius 1 is 1.74 bits per heavy atom. The van der Waals surface area contributed by atoms with Gasteiger partial charge in [-0.3, -0.25) is 14.3 Å². The van der Waals surface area contributed by atoms with Crippen molar-refractivity contribution >= 4 is 17.1 Å². The number of nitrogens with zero attached hydrogens (tertiary/aromatic N) is 3. The lowest BCUT2D eigenvalue weighted by Crippen LogP contribution is -2.24. The third-order valence-corrected chi connectivity index (χ3v) is 2.97. The zero-order valence-corrected chi connectivity index (χ0v) is 9.78. The highest BCUT2D eigenvalue weighted by atomic mass is 16.5. The van der Waals surface area contributed by atoms with Crippen molar-refractivity contribution in [2.75, 3.05) is 12.3 Å². The molecule has 0 radical (unpaired) electrons. The average Bonchev–Trinajstić information content (AvgIpc) is 2.91. The van der Waals surface area contributed by atoms with E-state index in [0.29, 0.717) is 0 Å². The second-order valence-electron chi connectivity index (χ2n) is 4.24. The summed E-state index contributed by atoms with van der Waals surface area (Å²) < 4.78 is 14.8. The van der Waals surface area contributed by atoms with Gasteiger partial charge in [0.2, 0.25) is 5.95 Å². The van der Waals surface area contributed by atoms with Crippen LogP contribution in [0.3, 0.4) is 0 Å². The van der Waals surface area contributed by atoms with Gasteiger partial charge >= 0.3 is 0 Å². The number of H-pyrrole nitrogens is 1. The highest BCUT2D eigenvalue weighted by molar-refractivity contribution is 5.70. The number of fused-ring (bicyclic) bond motifs is 1. The van der Waals surface area contributed by atoms with Gasteiger partial charge in [-0.1, -0.05) is 0 Å². The van der Waals surface area contributed by atoms with Crippen molar-refractivity contribution in [3.63, 3.8) is 0 Å². The van der Waals surface area contributed by atoms with Crippen LogP contribution in [0, 0.1) is 0 Å². The number of nitrogen functional groups attached to an aromatic ring is 1. The lowest BCUT2D eigenvalue weighted by molar-refractivity contribution is -0.0432. The summed E-state index contributed by atoms with van der Waals surface area (Å²) in [7, 11) is 0. The summed E-state index contributed by atoms with van der Waals surface area (Å²) in [5, 5.41) is 18.8. The van der Waals surface area contributed by atoms with E-state index in [-0.39, 0.29) is 23.5 Å². The molecular weight excluding hydrogens is 254 g/mol. The smallest absolute Gasteiger partial charge is 0.280 e. The number of aromatic amines is 1. The molecule has 3 heterocycles. The molecule has 2 aromatic heterocycles. The molecule has 3 rings (SSSR count). The zero-order chi connectivity index (χ0) is 14.5. The number of aromatic nitrogens is 4. The van der Waals surface area contributed by atoms with Crippen LogP contribution in [0.5, 0.6) is 0 Å². The highest BCUT2D eigenvalue weighted by Gasteiger charge is 2.35. The minimum absolute atomic E-state index is 0.0244. The lowest BCUT2D eigenvalue weighted by atomic mass is 10.2. The van der Waals surface area contributed by atoms with Gasteiger partial charge in [0.1, 0.15) is 12.3 Å². The Bertz CT molecular complexity index is 715. The van der Waals surface area contributed by atoms with Crippen molar-refractivity contribution in [1.82, 2.24) is 19.5 Å². The van der Waals surface area contributed by atoms with Crippen LogP contribution >= 0.6 is 0 Å². The van der Waals surface area contributed by atoms with Crippen LogP contribution in [0.15, 0.2) is 11.1 Å². The molecule has 1 aliphatic rings. The molecule has 0 bridgehead atoms. The molecule has 3 atom stereocenters. The van der Waals surface area contributed by atoms with Crippen LogP contribution in [0.2, 0.25) is 0 Å². The number of aliphatic hydroxyl groups is 2. The Morgan fingerprint density at radius 2 is 2.53 bits per heavy atom. The Labute approximate surface area is 108 Å². The van der Waals surface area contributed by atoms with Crippen LogP contribution in [-0.2, 0) is 4.74 Å². The fourth-order valence-corrected chi connectivity index (χ4v) is 2.03. The standard InChI is InChI=1S/C10H13N5O4/c11-10-13-8-7(9(18)14-10)12-3-15(8)6-1-4(17)5(2-16)19-6/h3-6,16-17H,1-2H2,(H3,11,13,14,18)/t4-,5+,6+/m0/s1/i6D. The van der Waals surface area contributed by atoms with Crippen molar-refractivity contribution in [2.24, 2.45) is 0 Å². The van der Waals surface area contributed by atoms with Gasteiger partial charge in [0.05, 0.1) is 20.4 Å². The predicted octanol–water partition coefficient (Wildman–Crippen LogP) is -1.66. The van der Waals surface area contributed by atoms with E-state index >= 15 is 0 Å². The number of anilines is 1. The molecule has 0 saturated carbocycles. The minimum atomic E-state index is -1.70. The molecule has 0 unspecified atom stereocenters. The van der Waals surface area contributed by atoms with Crippen molar-refractivity contribution in [3.05, 3.63) is 16.7 Å². The fraction of sp³-hybridized carbons (Fsp3) is 0.500. The first-order chi connectivity index (χ1) is 9.44. The van der Waals surface area contributed by atoms with Crippen LogP contribution in [0.25, 0.3) is 11.2 Å². The Kier molecular flexibility index (Phi) is 2.47. The molecule has 0 spiro atoms. The van der Waals surface area contributed by atoms with Gasteiger partial charge < -0.3 is 20.7 Å². The summed E-state index contributed by atoms with van der Waals surface area (Å²) in [6.45, 7) is -0.412. The average molecular weight is 268 g/mol. The third kappa shape index (κ3) is 1.87. The topological polar surface area (TPSA) is 139 Å². The van der Waals surface area contributed by atoms with E-state index < -0.39 is 30.6 Å². The minimum Gasteiger partial charge on any atom is -0.394 e. The Morgan fingerprint density at radius 3 is 3.21 bits per heavy atom. The quantitative estimate of drug-likeness (QED) is 0.511. The molecule has 2 aromatic rings. The second kappa shape index (κ2) is 4.30. The fourth-order valence-electron chi connectivity index (χ4n) is 2.03. The highest BCUT2D eigenvalue weighted by Crippen LogP contribution is 2.30. The van der Waals surface area contributed by atoms with E-state index in [0.717, 1.165) is 0 Å². The second-order valence-corrected chi connectivity index (χ2v) is 4.24. The number of rotatable bonds is 2. The molecule has 1 saturated heterocycles. The summed E-state index contributed by atoms with van der Waals surface area (Å²) >= 11 is 0. The number of hydrogen-bond acceptors (Lipinski definition) is 7. The number of imidazole rings is 1. The van der Waals surface area contributed by atoms with Crippen LogP contribution < -0.4 is 11.3 Å². The van der Waals surface area contributed by atoms with E-state index in [1.807, 2.05) is 0 Å². The van der Waals surface area contributed by atoms with Gasteiger partial charge in [0, 0.05) is 6.42 Å². The van der Waals surface area contributed by atoms with Crippen LogP contribution in [-0.4, -0.2) is 48.5 Å². The predicted molar refractivity (Wildman–Crippen MR) is 64.2 cm³/mol. The van der Waals surface area contributed by atoms with Gasteiger partial charge in [-0.15, -0.1) is 0 Å². The molecule has 0 amide bonds. The summed E-state index contributed by atoms with van der Waals surface area (Å²) in [5.41, 5.74) is 5.07. The summed E-state index contributed by atoms with van der Waals surface area (Å²) in [6, 6.07) is 0. The van der Waals surface area contributed by atoms with Gasteiger partial charge in [0.25, 0.3) is 5.56 Å². The molecule has 9 nitrogen and oxygen atoms in total. The van der Waals surface area contributed by atoms with Crippen molar-refractivity contribution in [2.45, 2.75) is 24.8 Å².